The largest absolute Gasteiger partial charge is 0.324 e. The highest BCUT2D eigenvalue weighted by Gasteiger charge is 2.28. The van der Waals surface area contributed by atoms with E-state index in [1.54, 1.807) is 6.07 Å². The summed E-state index contributed by atoms with van der Waals surface area (Å²) in [5.74, 6) is 1.83. The SMILES string of the molecule is Cc1nc(CCCN(C)C2CC2)c2c(n1)N(c1ccc(Cl)cc1Cl)CC2. The van der Waals surface area contributed by atoms with Crippen LogP contribution in [0.3, 0.4) is 0 Å². The average molecular weight is 391 g/mol. The molecule has 0 spiro atoms. The Bertz CT molecular complexity index is 820. The first-order valence-electron chi connectivity index (χ1n) is 9.32. The maximum Gasteiger partial charge on any atom is 0.140 e. The van der Waals surface area contributed by atoms with E-state index >= 15 is 0 Å². The third kappa shape index (κ3) is 3.68. The smallest absolute Gasteiger partial charge is 0.140 e. The van der Waals surface area contributed by atoms with Crippen molar-refractivity contribution >= 4 is 34.7 Å². The molecule has 1 aliphatic heterocycles. The lowest BCUT2D eigenvalue weighted by Gasteiger charge is -2.21. The molecule has 1 fully saturated rings. The topological polar surface area (TPSA) is 32.3 Å². The number of nitrogens with zero attached hydrogens (tertiary/aromatic N) is 4. The maximum atomic E-state index is 6.43. The van der Waals surface area contributed by atoms with Crippen LogP contribution in [-0.4, -0.2) is 41.0 Å². The molecule has 0 atom stereocenters. The molecule has 4 nitrogen and oxygen atoms in total. The van der Waals surface area contributed by atoms with E-state index in [0.29, 0.717) is 10.0 Å². The molecule has 0 unspecified atom stereocenters. The maximum absolute atomic E-state index is 6.43. The minimum atomic E-state index is 0.650. The van der Waals surface area contributed by atoms with Crippen molar-refractivity contribution < 1.29 is 0 Å². The van der Waals surface area contributed by atoms with Gasteiger partial charge in [0.2, 0.25) is 0 Å². The van der Waals surface area contributed by atoms with E-state index in [1.165, 1.54) is 24.1 Å². The zero-order chi connectivity index (χ0) is 18.3. The average Bonchev–Trinajstić information content (AvgIpc) is 3.36. The van der Waals surface area contributed by atoms with Crippen LogP contribution in [0.2, 0.25) is 10.0 Å². The first kappa shape index (κ1) is 18.0. The molecule has 6 heteroatoms. The van der Waals surface area contributed by atoms with Crippen LogP contribution in [0, 0.1) is 6.92 Å². The molecule has 0 radical (unpaired) electrons. The van der Waals surface area contributed by atoms with E-state index in [0.717, 1.165) is 55.7 Å². The van der Waals surface area contributed by atoms with Gasteiger partial charge in [0, 0.05) is 28.9 Å². The molecule has 0 N–H and O–H groups in total. The number of hydrogen-bond donors (Lipinski definition) is 0. The molecule has 26 heavy (non-hydrogen) atoms. The van der Waals surface area contributed by atoms with Crippen LogP contribution in [0.15, 0.2) is 18.2 Å². The van der Waals surface area contributed by atoms with Gasteiger partial charge in [-0.1, -0.05) is 23.2 Å². The van der Waals surface area contributed by atoms with Crippen LogP contribution in [0.1, 0.15) is 36.3 Å². The second-order valence-electron chi connectivity index (χ2n) is 7.33. The molecule has 1 aliphatic carbocycles. The summed E-state index contributed by atoms with van der Waals surface area (Å²) in [6.45, 7) is 3.99. The molecule has 0 bridgehead atoms. The molecular formula is C20H24Cl2N4. The van der Waals surface area contributed by atoms with Crippen molar-refractivity contribution in [2.75, 3.05) is 25.0 Å². The van der Waals surface area contributed by atoms with Gasteiger partial charge in [0.1, 0.15) is 11.6 Å². The highest BCUT2D eigenvalue weighted by atomic mass is 35.5. The minimum Gasteiger partial charge on any atom is -0.324 e. The predicted octanol–water partition coefficient (Wildman–Crippen LogP) is 4.81. The zero-order valence-corrected chi connectivity index (χ0v) is 16.8. The molecule has 1 aromatic carbocycles. The highest BCUT2D eigenvalue weighted by Crippen LogP contribution is 2.39. The highest BCUT2D eigenvalue weighted by molar-refractivity contribution is 6.36. The third-order valence-electron chi connectivity index (χ3n) is 5.32. The number of aryl methyl sites for hydroxylation is 2. The summed E-state index contributed by atoms with van der Waals surface area (Å²) in [6, 6.07) is 6.46. The summed E-state index contributed by atoms with van der Waals surface area (Å²) < 4.78 is 0. The minimum absolute atomic E-state index is 0.650. The van der Waals surface area contributed by atoms with Crippen LogP contribution in [0.4, 0.5) is 11.5 Å². The van der Waals surface area contributed by atoms with Crippen LogP contribution in [-0.2, 0) is 12.8 Å². The summed E-state index contributed by atoms with van der Waals surface area (Å²) in [5.41, 5.74) is 3.44. The summed E-state index contributed by atoms with van der Waals surface area (Å²) in [4.78, 5) is 14.2. The Labute approximate surface area is 165 Å². The van der Waals surface area contributed by atoms with Gasteiger partial charge < -0.3 is 9.80 Å². The number of rotatable bonds is 6. The zero-order valence-electron chi connectivity index (χ0n) is 15.3. The number of benzene rings is 1. The van der Waals surface area contributed by atoms with Gasteiger partial charge in [0.05, 0.1) is 10.7 Å². The Morgan fingerprint density at radius 3 is 2.77 bits per heavy atom. The summed E-state index contributed by atoms with van der Waals surface area (Å²) in [7, 11) is 2.23. The van der Waals surface area contributed by atoms with Crippen LogP contribution < -0.4 is 4.90 Å². The fourth-order valence-corrected chi connectivity index (χ4v) is 4.29. The third-order valence-corrected chi connectivity index (χ3v) is 5.86. The molecule has 0 amide bonds. The predicted molar refractivity (Wildman–Crippen MR) is 108 cm³/mol. The summed E-state index contributed by atoms with van der Waals surface area (Å²) in [5, 5.41) is 1.31. The second kappa shape index (κ2) is 7.34. The Morgan fingerprint density at radius 1 is 1.23 bits per heavy atom. The number of fused-ring (bicyclic) bond motifs is 1. The van der Waals surface area contributed by atoms with E-state index in [4.69, 9.17) is 33.2 Å². The quantitative estimate of drug-likeness (QED) is 0.707. The lowest BCUT2D eigenvalue weighted by molar-refractivity contribution is 0.319. The molecule has 4 rings (SSSR count). The second-order valence-corrected chi connectivity index (χ2v) is 8.18. The molecule has 138 valence electrons. The van der Waals surface area contributed by atoms with Gasteiger partial charge in [0.15, 0.2) is 0 Å². The first-order chi connectivity index (χ1) is 12.5. The van der Waals surface area contributed by atoms with Crippen molar-refractivity contribution in [2.45, 2.75) is 45.1 Å². The molecule has 1 saturated carbocycles. The van der Waals surface area contributed by atoms with E-state index < -0.39 is 0 Å². The van der Waals surface area contributed by atoms with Gasteiger partial charge in [-0.05, 0) is 70.8 Å². The van der Waals surface area contributed by atoms with Gasteiger partial charge in [0.25, 0.3) is 0 Å². The standard InChI is InChI=1S/C20H24Cl2N4/c1-13-23-18(4-3-10-25(2)15-6-7-15)16-9-11-26(20(16)24-13)19-8-5-14(21)12-17(19)22/h5,8,12,15H,3-4,6-7,9-11H2,1-2H3. The lowest BCUT2D eigenvalue weighted by atomic mass is 10.1. The van der Waals surface area contributed by atoms with Crippen molar-refractivity contribution in [3.05, 3.63) is 45.3 Å². The number of hydrogen-bond acceptors (Lipinski definition) is 4. The summed E-state index contributed by atoms with van der Waals surface area (Å²) >= 11 is 12.5. The van der Waals surface area contributed by atoms with Crippen LogP contribution >= 0.6 is 23.2 Å². The molecular weight excluding hydrogens is 367 g/mol. The number of aromatic nitrogens is 2. The Morgan fingerprint density at radius 2 is 2.04 bits per heavy atom. The monoisotopic (exact) mass is 390 g/mol. The van der Waals surface area contributed by atoms with Crippen molar-refractivity contribution in [3.8, 4) is 0 Å². The van der Waals surface area contributed by atoms with Gasteiger partial charge in [-0.15, -0.1) is 0 Å². The molecule has 2 heterocycles. The Hall–Kier alpha value is -1.36. The van der Waals surface area contributed by atoms with E-state index in [1.807, 2.05) is 19.1 Å². The van der Waals surface area contributed by atoms with Gasteiger partial charge in [-0.25, -0.2) is 9.97 Å². The van der Waals surface area contributed by atoms with Gasteiger partial charge in [-0.2, -0.15) is 0 Å². The van der Waals surface area contributed by atoms with Crippen molar-refractivity contribution in [3.63, 3.8) is 0 Å². The van der Waals surface area contributed by atoms with Crippen LogP contribution in [0.5, 0.6) is 0 Å². The van der Waals surface area contributed by atoms with Crippen molar-refractivity contribution in [1.29, 1.82) is 0 Å². The Balaban J connectivity index is 1.55. The molecule has 0 saturated heterocycles. The van der Waals surface area contributed by atoms with Gasteiger partial charge >= 0.3 is 0 Å². The Kier molecular flexibility index (Phi) is 5.09. The van der Waals surface area contributed by atoms with E-state index in [-0.39, 0.29) is 0 Å². The van der Waals surface area contributed by atoms with E-state index in [9.17, 15) is 0 Å². The van der Waals surface area contributed by atoms with Gasteiger partial charge in [-0.3, -0.25) is 0 Å². The lowest BCUT2D eigenvalue weighted by Crippen LogP contribution is -2.22. The normalized spacial score (nSPS) is 16.4. The van der Waals surface area contributed by atoms with Crippen molar-refractivity contribution in [2.24, 2.45) is 0 Å². The fourth-order valence-electron chi connectivity index (χ4n) is 3.78. The van der Waals surface area contributed by atoms with E-state index in [2.05, 4.69) is 16.8 Å². The fraction of sp³-hybridized carbons (Fsp3) is 0.500. The van der Waals surface area contributed by atoms with Crippen LogP contribution in [0.25, 0.3) is 0 Å². The molecule has 2 aliphatic rings. The number of halogens is 2. The molecule has 2 aromatic rings. The molecule has 1 aromatic heterocycles. The summed E-state index contributed by atoms with van der Waals surface area (Å²) in [6.07, 6.45) is 5.82. The van der Waals surface area contributed by atoms with Crippen molar-refractivity contribution in [1.82, 2.24) is 14.9 Å². The first-order valence-corrected chi connectivity index (χ1v) is 10.1. The number of anilines is 2.